The molecule has 106 heavy (non-hydrogen) atoms. The molecule has 0 aliphatic carbocycles. The molecule has 0 aliphatic heterocycles. The molecule has 0 spiro atoms. The van der Waals surface area contributed by atoms with Crippen LogP contribution in [0.3, 0.4) is 0 Å². The molecular weight excluding hydrogens is 1380 g/mol. The van der Waals surface area contributed by atoms with Crippen molar-refractivity contribution in [2.24, 2.45) is 5.92 Å². The van der Waals surface area contributed by atoms with Gasteiger partial charge >= 0.3 is 39.5 Å². The lowest BCUT2D eigenvalue weighted by atomic mass is 9.99. The number of ether oxygens (including phenoxy) is 4. The Kier molecular flexibility index (Phi) is 78.2. The van der Waals surface area contributed by atoms with E-state index in [9.17, 15) is 43.2 Å². The molecule has 0 aromatic heterocycles. The van der Waals surface area contributed by atoms with Crippen LogP contribution in [0.15, 0.2) is 0 Å². The predicted molar refractivity (Wildman–Crippen MR) is 437 cm³/mol. The zero-order chi connectivity index (χ0) is 77.6. The number of carbonyl (C=O) groups excluding carboxylic acids is 4. The van der Waals surface area contributed by atoms with E-state index in [1.807, 2.05) is 0 Å². The average molecular weight is 1550 g/mol. The van der Waals surface area contributed by atoms with Crippen LogP contribution >= 0.6 is 15.6 Å². The quantitative estimate of drug-likeness (QED) is 0.0222. The summed E-state index contributed by atoms with van der Waals surface area (Å²) in [5, 5.41) is 10.7. The molecule has 0 saturated carbocycles. The maximum Gasteiger partial charge on any atom is 0.472 e. The van der Waals surface area contributed by atoms with Crippen LogP contribution in [0, 0.1) is 5.92 Å². The van der Waals surface area contributed by atoms with Crippen molar-refractivity contribution in [1.29, 1.82) is 0 Å². The summed E-state index contributed by atoms with van der Waals surface area (Å²) >= 11 is 0. The average Bonchev–Trinajstić information content (AvgIpc) is 0.912. The van der Waals surface area contributed by atoms with E-state index < -0.39 is 97.5 Å². The molecule has 0 amide bonds. The molecule has 0 bridgehead atoms. The van der Waals surface area contributed by atoms with Gasteiger partial charge in [-0.2, -0.15) is 0 Å². The van der Waals surface area contributed by atoms with E-state index in [0.29, 0.717) is 25.7 Å². The molecule has 0 heterocycles. The van der Waals surface area contributed by atoms with Gasteiger partial charge in [0.2, 0.25) is 0 Å². The number of carbonyl (C=O) groups is 4. The van der Waals surface area contributed by atoms with Gasteiger partial charge in [-0.05, 0) is 31.6 Å². The molecule has 17 nitrogen and oxygen atoms in total. The van der Waals surface area contributed by atoms with E-state index in [0.717, 1.165) is 95.8 Å². The van der Waals surface area contributed by atoms with Crippen LogP contribution in [0.4, 0.5) is 0 Å². The first-order valence-electron chi connectivity index (χ1n) is 45.2. The molecule has 0 saturated heterocycles. The van der Waals surface area contributed by atoms with Crippen LogP contribution in [0.25, 0.3) is 0 Å². The fourth-order valence-corrected chi connectivity index (χ4v) is 15.2. The van der Waals surface area contributed by atoms with Gasteiger partial charge in [-0.1, -0.05) is 420 Å². The van der Waals surface area contributed by atoms with Crippen LogP contribution in [0.1, 0.15) is 471 Å². The highest BCUT2D eigenvalue weighted by atomic mass is 31.2. The third-order valence-corrected chi connectivity index (χ3v) is 22.8. The van der Waals surface area contributed by atoms with E-state index in [4.69, 9.17) is 37.0 Å². The second kappa shape index (κ2) is 79.7. The molecule has 0 rings (SSSR count). The number of unbranched alkanes of at least 4 members (excludes halogenated alkanes) is 58. The van der Waals surface area contributed by atoms with Gasteiger partial charge in [0, 0.05) is 25.7 Å². The lowest BCUT2D eigenvalue weighted by Crippen LogP contribution is -2.30. The minimum Gasteiger partial charge on any atom is -0.462 e. The Labute approximate surface area is 651 Å². The maximum absolute atomic E-state index is 13.2. The van der Waals surface area contributed by atoms with Crippen LogP contribution in [0.2, 0.25) is 0 Å². The maximum atomic E-state index is 13.2. The second-order valence-electron chi connectivity index (χ2n) is 31.5. The third kappa shape index (κ3) is 78.7. The molecule has 6 atom stereocenters. The van der Waals surface area contributed by atoms with Crippen molar-refractivity contribution in [3.8, 4) is 0 Å². The minimum atomic E-state index is -4.97. The van der Waals surface area contributed by atoms with E-state index >= 15 is 0 Å². The van der Waals surface area contributed by atoms with E-state index in [1.165, 1.54) is 295 Å². The fraction of sp³-hybridized carbons (Fsp3) is 0.954. The second-order valence-corrected chi connectivity index (χ2v) is 34.4. The Morgan fingerprint density at radius 3 is 0.670 bits per heavy atom. The van der Waals surface area contributed by atoms with Gasteiger partial charge in [-0.25, -0.2) is 9.13 Å². The van der Waals surface area contributed by atoms with Crippen molar-refractivity contribution >= 4 is 39.5 Å². The lowest BCUT2D eigenvalue weighted by molar-refractivity contribution is -0.161. The van der Waals surface area contributed by atoms with Gasteiger partial charge in [0.25, 0.3) is 0 Å². The Bertz CT molecular complexity index is 2020. The third-order valence-electron chi connectivity index (χ3n) is 20.9. The standard InChI is InChI=1S/C87H170O17P2/c1-6-10-13-16-19-22-25-28-30-32-33-34-35-36-38-40-43-46-52-57-62-67-72-86(91)103-82(76-98-85(90)71-66-61-56-51-45-42-39-37-31-29-26-23-20-17-14-11-7-2)78-101-105(93,94)99-74-81(88)75-100-106(95,96)102-79-83(77-97-84(89)70-65-60-55-50-44-41-27-24-21-18-15-12-8-3)104-87(92)73-68-63-58-53-48-47-49-54-59-64-69-80(5)9-4/h80-83,88H,6-79H2,1-5H3,(H,93,94)(H,95,96)/t80?,81-,82-,83-/m1/s1. The van der Waals surface area contributed by atoms with Crippen molar-refractivity contribution in [2.45, 2.75) is 490 Å². The molecule has 0 aromatic carbocycles. The zero-order valence-corrected chi connectivity index (χ0v) is 71.4. The molecule has 0 aliphatic rings. The summed E-state index contributed by atoms with van der Waals surface area (Å²) in [6, 6.07) is 0. The first kappa shape index (κ1) is 104. The number of hydrogen-bond acceptors (Lipinski definition) is 15. The van der Waals surface area contributed by atoms with Crippen LogP contribution in [-0.4, -0.2) is 96.7 Å². The van der Waals surface area contributed by atoms with E-state index in [1.54, 1.807) is 0 Å². The van der Waals surface area contributed by atoms with Crippen LogP contribution < -0.4 is 0 Å². The highest BCUT2D eigenvalue weighted by Gasteiger charge is 2.30. The Hall–Kier alpha value is -1.94. The first-order valence-corrected chi connectivity index (χ1v) is 48.2. The smallest absolute Gasteiger partial charge is 0.462 e. The Morgan fingerprint density at radius 2 is 0.453 bits per heavy atom. The molecular formula is C87H170O17P2. The summed E-state index contributed by atoms with van der Waals surface area (Å²) in [5.74, 6) is -1.29. The summed E-state index contributed by atoms with van der Waals surface area (Å²) in [6.07, 6.45) is 73.5. The number of rotatable bonds is 87. The zero-order valence-electron chi connectivity index (χ0n) is 69.6. The lowest BCUT2D eigenvalue weighted by Gasteiger charge is -2.21. The number of aliphatic hydroxyl groups is 1. The fourth-order valence-electron chi connectivity index (χ4n) is 13.6. The molecule has 0 aromatic rings. The summed E-state index contributed by atoms with van der Waals surface area (Å²) in [4.78, 5) is 73.3. The van der Waals surface area contributed by atoms with Gasteiger partial charge in [-0.15, -0.1) is 0 Å². The van der Waals surface area contributed by atoms with Gasteiger partial charge in [0.05, 0.1) is 26.4 Å². The number of phosphoric ester groups is 2. The van der Waals surface area contributed by atoms with Crippen molar-refractivity contribution in [2.75, 3.05) is 39.6 Å². The summed E-state index contributed by atoms with van der Waals surface area (Å²) < 4.78 is 69.0. The normalized spacial score (nSPS) is 14.0. The molecule has 19 heteroatoms. The van der Waals surface area contributed by atoms with Gasteiger partial charge in [0.1, 0.15) is 19.3 Å². The van der Waals surface area contributed by atoms with Crippen molar-refractivity contribution in [3.05, 3.63) is 0 Å². The number of aliphatic hydroxyl groups excluding tert-OH is 1. The summed E-state index contributed by atoms with van der Waals surface area (Å²) in [5.41, 5.74) is 0. The monoisotopic (exact) mass is 1550 g/mol. The number of phosphoric acid groups is 2. The Balaban J connectivity index is 5.24. The van der Waals surface area contributed by atoms with Crippen LogP contribution in [0.5, 0.6) is 0 Å². The summed E-state index contributed by atoms with van der Waals surface area (Å²) in [6.45, 7) is 7.40. The van der Waals surface area contributed by atoms with E-state index in [-0.39, 0.29) is 25.7 Å². The van der Waals surface area contributed by atoms with Crippen molar-refractivity contribution in [1.82, 2.24) is 0 Å². The minimum absolute atomic E-state index is 0.107. The Morgan fingerprint density at radius 1 is 0.264 bits per heavy atom. The van der Waals surface area contributed by atoms with Gasteiger partial charge < -0.3 is 33.8 Å². The number of esters is 4. The van der Waals surface area contributed by atoms with Crippen molar-refractivity contribution < 1.29 is 80.2 Å². The molecule has 0 fully saturated rings. The van der Waals surface area contributed by atoms with Crippen LogP contribution in [-0.2, 0) is 65.4 Å². The molecule has 3 N–H and O–H groups in total. The van der Waals surface area contributed by atoms with Gasteiger partial charge in [0.15, 0.2) is 12.2 Å². The predicted octanol–water partition coefficient (Wildman–Crippen LogP) is 26.8. The highest BCUT2D eigenvalue weighted by molar-refractivity contribution is 7.47. The SMILES string of the molecule is CCCCCCCCCCCCCCCCCCCCCCCCC(=O)O[C@H](COC(=O)CCCCCCCCCCCCCCCCCCC)COP(=O)(O)OC[C@@H](O)COP(=O)(O)OC[C@@H](COC(=O)CCCCCCCCCCCCCCC)OC(=O)CCCCCCCCCCCCC(C)CC. The summed E-state index contributed by atoms with van der Waals surface area (Å²) in [7, 11) is -9.93. The largest absolute Gasteiger partial charge is 0.472 e. The van der Waals surface area contributed by atoms with E-state index in [2.05, 4.69) is 34.6 Å². The topological polar surface area (TPSA) is 237 Å². The van der Waals surface area contributed by atoms with Crippen molar-refractivity contribution in [3.63, 3.8) is 0 Å². The van der Waals surface area contributed by atoms with Gasteiger partial charge in [-0.3, -0.25) is 37.3 Å². The first-order chi connectivity index (χ1) is 51.6. The molecule has 0 radical (unpaired) electrons. The highest BCUT2D eigenvalue weighted by Crippen LogP contribution is 2.45. The number of hydrogen-bond donors (Lipinski definition) is 3. The molecule has 3 unspecified atom stereocenters. The molecule has 630 valence electrons.